The molecule has 1 aromatic carbocycles. The van der Waals surface area contributed by atoms with Crippen LogP contribution in [0.2, 0.25) is 0 Å². The van der Waals surface area contributed by atoms with Crippen molar-refractivity contribution in [2.45, 2.75) is 6.92 Å². The molecule has 0 aliphatic heterocycles. The van der Waals surface area contributed by atoms with Gasteiger partial charge in [-0.25, -0.2) is 9.19 Å². The first-order valence-electron chi connectivity index (χ1n) is 5.85. The largest absolute Gasteiger partial charge is 0.427 e. The van der Waals surface area contributed by atoms with E-state index >= 15 is 0 Å². The number of carbonyl (C=O) groups is 2. The predicted molar refractivity (Wildman–Crippen MR) is 80.7 cm³/mol. The second-order valence-corrected chi connectivity index (χ2v) is 6.05. The molecule has 0 aliphatic carbocycles. The molecule has 0 saturated heterocycles. The van der Waals surface area contributed by atoms with E-state index in [2.05, 4.69) is 4.98 Å². The van der Waals surface area contributed by atoms with Crippen molar-refractivity contribution in [2.75, 3.05) is 10.6 Å². The van der Waals surface area contributed by atoms with Crippen LogP contribution in [0.4, 0.5) is 5.13 Å². The fourth-order valence-corrected chi connectivity index (χ4v) is 3.20. The molecule has 1 amide bonds. The number of hydrogen-bond acceptors (Lipinski definition) is 6. The smallest absolute Gasteiger partial charge is 0.308 e. The Hall–Kier alpha value is -2.06. The van der Waals surface area contributed by atoms with Gasteiger partial charge in [-0.05, 0) is 18.2 Å². The minimum absolute atomic E-state index is 0.259. The third-order valence-electron chi connectivity index (χ3n) is 2.38. The molecule has 0 fully saturated rings. The molecule has 0 saturated carbocycles. The maximum absolute atomic E-state index is 12.5. The first-order chi connectivity index (χ1) is 9.99. The Morgan fingerprint density at radius 3 is 2.71 bits per heavy atom. The molecule has 1 atom stereocenters. The van der Waals surface area contributed by atoms with Crippen LogP contribution in [0.5, 0.6) is 5.75 Å². The third kappa shape index (κ3) is 3.73. The van der Waals surface area contributed by atoms with Gasteiger partial charge in [0.2, 0.25) is 5.13 Å². The fourth-order valence-electron chi connectivity index (χ4n) is 1.61. The highest BCUT2D eigenvalue weighted by Gasteiger charge is 2.23. The average molecular weight is 324 g/mol. The normalized spacial score (nSPS) is 11.7. The number of aromatic nitrogens is 1. The van der Waals surface area contributed by atoms with E-state index in [0.717, 1.165) is 4.31 Å². The first-order valence-corrected chi connectivity index (χ1v) is 8.24. The number of thiazole rings is 1. The zero-order chi connectivity index (χ0) is 15.4. The van der Waals surface area contributed by atoms with Crippen molar-refractivity contribution in [1.29, 1.82) is 0 Å². The van der Waals surface area contributed by atoms with Crippen LogP contribution in [0, 0.1) is 0 Å². The predicted octanol–water partition coefficient (Wildman–Crippen LogP) is 2.01. The van der Waals surface area contributed by atoms with E-state index in [1.807, 2.05) is 0 Å². The summed E-state index contributed by atoms with van der Waals surface area (Å²) in [6.07, 6.45) is 2.93. The number of rotatable bonds is 4. The number of carbonyl (C=O) groups excluding carboxylic acids is 2. The van der Waals surface area contributed by atoms with Crippen LogP contribution in [-0.2, 0) is 15.8 Å². The number of nitrogens with zero attached hydrogens (tertiary/aromatic N) is 2. The maximum atomic E-state index is 12.5. The standard InChI is InChI=1S/C13H12N2O4S2/c1-9(16)19-11-5-3-4-10(8-11)12(17)15(21(2)18)13-14-6-7-20-13/h3-8H,1-2H3. The summed E-state index contributed by atoms with van der Waals surface area (Å²) in [4.78, 5) is 27.4. The van der Waals surface area contributed by atoms with E-state index in [1.54, 1.807) is 23.6 Å². The van der Waals surface area contributed by atoms with Crippen LogP contribution >= 0.6 is 11.3 Å². The van der Waals surface area contributed by atoms with E-state index in [1.165, 1.54) is 36.8 Å². The Morgan fingerprint density at radius 1 is 1.38 bits per heavy atom. The molecule has 1 unspecified atom stereocenters. The summed E-state index contributed by atoms with van der Waals surface area (Å²) >= 11 is 1.21. The number of anilines is 1. The molecule has 2 aromatic rings. The van der Waals surface area contributed by atoms with Gasteiger partial charge in [-0.15, -0.1) is 11.3 Å². The van der Waals surface area contributed by atoms with Crippen LogP contribution in [0.1, 0.15) is 17.3 Å². The van der Waals surface area contributed by atoms with E-state index in [-0.39, 0.29) is 11.3 Å². The number of hydrogen-bond donors (Lipinski definition) is 0. The number of esters is 1. The Bertz CT molecular complexity index is 685. The molecule has 0 bridgehead atoms. The molecule has 0 aliphatic rings. The molecule has 0 spiro atoms. The summed E-state index contributed by atoms with van der Waals surface area (Å²) in [5.74, 6) is -0.690. The Labute approximate surface area is 128 Å². The zero-order valence-corrected chi connectivity index (χ0v) is 12.9. The summed E-state index contributed by atoms with van der Waals surface area (Å²) in [5.41, 5.74) is 0.263. The minimum atomic E-state index is -1.56. The van der Waals surface area contributed by atoms with E-state index in [4.69, 9.17) is 4.74 Å². The minimum Gasteiger partial charge on any atom is -0.427 e. The van der Waals surface area contributed by atoms with Crippen molar-refractivity contribution in [2.24, 2.45) is 0 Å². The fraction of sp³-hybridized carbons (Fsp3) is 0.154. The molecule has 110 valence electrons. The van der Waals surface area contributed by atoms with Crippen molar-refractivity contribution in [3.8, 4) is 5.75 Å². The van der Waals surface area contributed by atoms with Gasteiger partial charge in [-0.1, -0.05) is 6.07 Å². The van der Waals surface area contributed by atoms with Crippen molar-refractivity contribution in [3.63, 3.8) is 0 Å². The second-order valence-electron chi connectivity index (χ2n) is 3.96. The molecule has 8 heteroatoms. The number of amides is 1. The average Bonchev–Trinajstić information content (AvgIpc) is 2.91. The Kier molecular flexibility index (Phi) is 4.81. The first kappa shape index (κ1) is 15.3. The quantitative estimate of drug-likeness (QED) is 0.635. The van der Waals surface area contributed by atoms with Gasteiger partial charge in [0.25, 0.3) is 5.91 Å². The van der Waals surface area contributed by atoms with Crippen LogP contribution in [0.25, 0.3) is 0 Å². The highest BCUT2D eigenvalue weighted by atomic mass is 32.2. The maximum Gasteiger partial charge on any atom is 0.308 e. The van der Waals surface area contributed by atoms with Gasteiger partial charge in [0.1, 0.15) is 16.7 Å². The second kappa shape index (κ2) is 6.59. The Balaban J connectivity index is 2.33. The number of benzene rings is 1. The summed E-state index contributed by atoms with van der Waals surface area (Å²) in [7, 11) is -1.56. The van der Waals surface area contributed by atoms with Crippen LogP contribution in [0.3, 0.4) is 0 Å². The summed E-state index contributed by atoms with van der Waals surface area (Å²) in [6.45, 7) is 1.28. The lowest BCUT2D eigenvalue weighted by Crippen LogP contribution is -2.32. The lowest BCUT2D eigenvalue weighted by Gasteiger charge is -2.16. The summed E-state index contributed by atoms with van der Waals surface area (Å²) in [6, 6.07) is 6.14. The molecule has 0 N–H and O–H groups in total. The third-order valence-corrected chi connectivity index (χ3v) is 4.10. The van der Waals surface area contributed by atoms with Gasteiger partial charge >= 0.3 is 5.97 Å². The van der Waals surface area contributed by atoms with Gasteiger partial charge in [-0.2, -0.15) is 4.31 Å². The highest BCUT2D eigenvalue weighted by molar-refractivity contribution is 7.86. The molecule has 1 aromatic heterocycles. The van der Waals surface area contributed by atoms with E-state index in [9.17, 15) is 13.8 Å². The Morgan fingerprint density at radius 2 is 2.14 bits per heavy atom. The summed E-state index contributed by atoms with van der Waals surface area (Å²) in [5, 5.41) is 2.04. The van der Waals surface area contributed by atoms with Crippen molar-refractivity contribution in [3.05, 3.63) is 41.4 Å². The summed E-state index contributed by atoms with van der Waals surface area (Å²) < 4.78 is 17.8. The molecular formula is C13H12N2O4S2. The van der Waals surface area contributed by atoms with E-state index in [0.29, 0.717) is 5.13 Å². The topological polar surface area (TPSA) is 76.6 Å². The lowest BCUT2D eigenvalue weighted by atomic mass is 10.2. The van der Waals surface area contributed by atoms with Crippen molar-refractivity contribution in [1.82, 2.24) is 4.98 Å². The zero-order valence-electron chi connectivity index (χ0n) is 11.3. The molecular weight excluding hydrogens is 312 g/mol. The van der Waals surface area contributed by atoms with Crippen LogP contribution in [0.15, 0.2) is 35.8 Å². The highest BCUT2D eigenvalue weighted by Crippen LogP contribution is 2.23. The van der Waals surface area contributed by atoms with Crippen molar-refractivity contribution < 1.29 is 18.5 Å². The van der Waals surface area contributed by atoms with Crippen LogP contribution < -0.4 is 9.04 Å². The number of ether oxygens (including phenoxy) is 1. The van der Waals surface area contributed by atoms with Crippen molar-refractivity contribution >= 4 is 39.3 Å². The van der Waals surface area contributed by atoms with Gasteiger partial charge < -0.3 is 4.74 Å². The molecule has 1 heterocycles. The monoisotopic (exact) mass is 324 g/mol. The van der Waals surface area contributed by atoms with Gasteiger partial charge in [0.15, 0.2) is 0 Å². The van der Waals surface area contributed by atoms with Gasteiger partial charge in [-0.3, -0.25) is 9.59 Å². The van der Waals surface area contributed by atoms with Crippen LogP contribution in [-0.4, -0.2) is 27.3 Å². The molecule has 2 rings (SSSR count). The SMILES string of the molecule is CC(=O)Oc1cccc(C(=O)N(c2nccs2)S(C)=O)c1. The van der Waals surface area contributed by atoms with Gasteiger partial charge in [0, 0.05) is 30.3 Å². The molecule has 6 nitrogen and oxygen atoms in total. The van der Waals surface area contributed by atoms with Gasteiger partial charge in [0.05, 0.1) is 0 Å². The lowest BCUT2D eigenvalue weighted by molar-refractivity contribution is -0.131. The van der Waals surface area contributed by atoms with E-state index < -0.39 is 22.9 Å². The molecule has 21 heavy (non-hydrogen) atoms. The molecule has 0 radical (unpaired) electrons.